The predicted octanol–water partition coefficient (Wildman–Crippen LogP) is 2.79. The summed E-state index contributed by atoms with van der Waals surface area (Å²) >= 11 is 5.21. The van der Waals surface area contributed by atoms with Gasteiger partial charge in [0.15, 0.2) is 0 Å². The molecular weight excluding hydrogens is 248 g/mol. The van der Waals surface area contributed by atoms with Crippen LogP contribution in [-0.4, -0.2) is 12.4 Å². The summed E-state index contributed by atoms with van der Waals surface area (Å²) in [7, 11) is 0. The first kappa shape index (κ1) is 9.21. The van der Waals surface area contributed by atoms with Crippen LogP contribution < -0.4 is 5.32 Å². The third-order valence-electron chi connectivity index (χ3n) is 1.96. The summed E-state index contributed by atoms with van der Waals surface area (Å²) in [5.74, 6) is 1.17. The van der Waals surface area contributed by atoms with Crippen LogP contribution in [0.25, 0.3) is 0 Å². The van der Waals surface area contributed by atoms with Crippen LogP contribution in [0.5, 0.6) is 0 Å². The summed E-state index contributed by atoms with van der Waals surface area (Å²) in [6.07, 6.45) is 2.32. The van der Waals surface area contributed by atoms with Gasteiger partial charge in [0.05, 0.1) is 12.4 Å². The predicted molar refractivity (Wildman–Crippen MR) is 60.4 cm³/mol. The third-order valence-corrected chi connectivity index (χ3v) is 3.66. The fourth-order valence-electron chi connectivity index (χ4n) is 1.32. The first-order valence-electron chi connectivity index (χ1n) is 4.35. The van der Waals surface area contributed by atoms with Gasteiger partial charge in [-0.2, -0.15) is 0 Å². The van der Waals surface area contributed by atoms with Gasteiger partial charge in [-0.15, -0.1) is 11.3 Å². The number of rotatable bonds is 2. The van der Waals surface area contributed by atoms with E-state index in [4.69, 9.17) is 0 Å². The summed E-state index contributed by atoms with van der Waals surface area (Å²) in [5, 5.41) is 5.46. The topological polar surface area (TPSA) is 24.4 Å². The second-order valence-corrected chi connectivity index (χ2v) is 4.93. The van der Waals surface area contributed by atoms with Crippen molar-refractivity contribution in [3.8, 4) is 0 Å². The van der Waals surface area contributed by atoms with Gasteiger partial charge in [0.25, 0.3) is 0 Å². The normalized spacial score (nSPS) is 15.9. The minimum Gasteiger partial charge on any atom is -0.369 e. The molecule has 0 fully saturated rings. The zero-order valence-electron chi connectivity index (χ0n) is 7.22. The van der Waals surface area contributed by atoms with Gasteiger partial charge in [-0.1, -0.05) is 0 Å². The van der Waals surface area contributed by atoms with Crippen molar-refractivity contribution in [1.82, 2.24) is 5.32 Å². The number of hydrogen-bond donors (Lipinski definition) is 1. The zero-order chi connectivity index (χ0) is 9.10. The molecule has 0 amide bonds. The molecule has 0 aromatic carbocycles. The van der Waals surface area contributed by atoms with E-state index < -0.39 is 0 Å². The summed E-state index contributed by atoms with van der Waals surface area (Å²) in [5.41, 5.74) is 0. The number of halogens is 1. The first-order chi connectivity index (χ1) is 6.34. The Kier molecular flexibility index (Phi) is 3.01. The molecule has 1 aromatic heterocycles. The molecule has 1 aromatic rings. The van der Waals surface area contributed by atoms with E-state index in [0.717, 1.165) is 19.5 Å². The van der Waals surface area contributed by atoms with E-state index in [9.17, 15) is 0 Å². The summed E-state index contributed by atoms with van der Waals surface area (Å²) in [4.78, 5) is 5.70. The molecule has 0 radical (unpaired) electrons. The lowest BCUT2D eigenvalue weighted by Crippen LogP contribution is -2.19. The molecular formula is C9H11BrN2S. The lowest BCUT2D eigenvalue weighted by molar-refractivity contribution is 0.901. The molecule has 13 heavy (non-hydrogen) atoms. The van der Waals surface area contributed by atoms with Crippen LogP contribution in [0.4, 0.5) is 0 Å². The van der Waals surface area contributed by atoms with E-state index in [1.165, 1.54) is 21.6 Å². The van der Waals surface area contributed by atoms with Gasteiger partial charge in [0, 0.05) is 27.7 Å². The molecule has 2 heterocycles. The second kappa shape index (κ2) is 4.24. The van der Waals surface area contributed by atoms with Crippen LogP contribution in [0.2, 0.25) is 0 Å². The molecule has 2 nitrogen and oxygen atoms in total. The molecule has 0 saturated carbocycles. The molecule has 1 aliphatic heterocycles. The number of hydrogen-bond acceptors (Lipinski definition) is 3. The van der Waals surface area contributed by atoms with Gasteiger partial charge >= 0.3 is 0 Å². The molecule has 4 heteroatoms. The van der Waals surface area contributed by atoms with Gasteiger partial charge in [0.1, 0.15) is 0 Å². The molecule has 0 atom stereocenters. The number of aliphatic imine (C=N–C) groups is 1. The van der Waals surface area contributed by atoms with E-state index in [2.05, 4.69) is 37.7 Å². The Morgan fingerprint density at radius 3 is 3.15 bits per heavy atom. The quantitative estimate of drug-likeness (QED) is 0.867. The van der Waals surface area contributed by atoms with E-state index >= 15 is 0 Å². The molecule has 1 aliphatic rings. The Hall–Kier alpha value is -0.350. The van der Waals surface area contributed by atoms with Gasteiger partial charge in [-0.05, 0) is 28.4 Å². The molecule has 0 saturated heterocycles. The minimum atomic E-state index is 0.912. The summed E-state index contributed by atoms with van der Waals surface area (Å²) in [6, 6.07) is 2.15. The number of amidine groups is 1. The van der Waals surface area contributed by atoms with Crippen LogP contribution in [0.3, 0.4) is 0 Å². The molecule has 0 spiro atoms. The number of thiophene rings is 1. The highest BCUT2D eigenvalue weighted by atomic mass is 79.9. The SMILES string of the molecule is Brc1csc(CNC2=NCCC2)c1. The average Bonchev–Trinajstić information content (AvgIpc) is 2.71. The molecule has 2 rings (SSSR count). The summed E-state index contributed by atoms with van der Waals surface area (Å²) < 4.78 is 1.17. The molecule has 0 unspecified atom stereocenters. The third kappa shape index (κ3) is 2.54. The Morgan fingerprint density at radius 1 is 1.62 bits per heavy atom. The smallest absolute Gasteiger partial charge is 0.0966 e. The largest absolute Gasteiger partial charge is 0.369 e. The highest BCUT2D eigenvalue weighted by Gasteiger charge is 2.05. The molecule has 70 valence electrons. The lowest BCUT2D eigenvalue weighted by Gasteiger charge is -2.02. The van der Waals surface area contributed by atoms with Crippen molar-refractivity contribution < 1.29 is 0 Å². The zero-order valence-corrected chi connectivity index (χ0v) is 9.62. The lowest BCUT2D eigenvalue weighted by atomic mass is 10.3. The van der Waals surface area contributed by atoms with Crippen molar-refractivity contribution in [3.05, 3.63) is 20.8 Å². The van der Waals surface area contributed by atoms with Gasteiger partial charge < -0.3 is 5.32 Å². The van der Waals surface area contributed by atoms with E-state index in [0.29, 0.717) is 0 Å². The van der Waals surface area contributed by atoms with Crippen molar-refractivity contribution in [2.24, 2.45) is 4.99 Å². The highest BCUT2D eigenvalue weighted by molar-refractivity contribution is 9.10. The van der Waals surface area contributed by atoms with Gasteiger partial charge in [0.2, 0.25) is 0 Å². The second-order valence-electron chi connectivity index (χ2n) is 3.02. The Labute approximate surface area is 90.2 Å². The molecule has 1 N–H and O–H groups in total. The maximum absolute atomic E-state index is 4.36. The van der Waals surface area contributed by atoms with Crippen molar-refractivity contribution in [2.75, 3.05) is 6.54 Å². The minimum absolute atomic E-state index is 0.912. The number of nitrogens with one attached hydrogen (secondary N) is 1. The van der Waals surface area contributed by atoms with Crippen molar-refractivity contribution in [3.63, 3.8) is 0 Å². The standard InChI is InChI=1S/C9H11BrN2S/c10-7-4-8(13-6-7)5-12-9-2-1-3-11-9/h4,6H,1-3,5H2,(H,11,12). The van der Waals surface area contributed by atoms with E-state index in [1.54, 1.807) is 11.3 Å². The first-order valence-corrected chi connectivity index (χ1v) is 6.02. The molecule has 0 bridgehead atoms. The van der Waals surface area contributed by atoms with Crippen LogP contribution >= 0.6 is 27.3 Å². The highest BCUT2D eigenvalue weighted by Crippen LogP contribution is 2.19. The fraction of sp³-hybridized carbons (Fsp3) is 0.444. The van der Waals surface area contributed by atoms with Crippen LogP contribution in [0.15, 0.2) is 20.9 Å². The average molecular weight is 259 g/mol. The Morgan fingerprint density at radius 2 is 2.54 bits per heavy atom. The van der Waals surface area contributed by atoms with Gasteiger partial charge in [-0.25, -0.2) is 0 Å². The fourth-order valence-corrected chi connectivity index (χ4v) is 2.71. The van der Waals surface area contributed by atoms with Crippen molar-refractivity contribution >= 4 is 33.1 Å². The van der Waals surface area contributed by atoms with E-state index in [1.807, 2.05) is 0 Å². The molecule has 0 aliphatic carbocycles. The Bertz CT molecular complexity index is 319. The van der Waals surface area contributed by atoms with Crippen LogP contribution in [0, 0.1) is 0 Å². The van der Waals surface area contributed by atoms with Crippen molar-refractivity contribution in [2.45, 2.75) is 19.4 Å². The van der Waals surface area contributed by atoms with Crippen molar-refractivity contribution in [1.29, 1.82) is 0 Å². The van der Waals surface area contributed by atoms with Crippen LogP contribution in [0.1, 0.15) is 17.7 Å². The maximum Gasteiger partial charge on any atom is 0.0966 e. The van der Waals surface area contributed by atoms with Gasteiger partial charge in [-0.3, -0.25) is 4.99 Å². The number of nitrogens with zero attached hydrogens (tertiary/aromatic N) is 1. The van der Waals surface area contributed by atoms with E-state index in [-0.39, 0.29) is 0 Å². The van der Waals surface area contributed by atoms with Crippen LogP contribution in [-0.2, 0) is 6.54 Å². The Balaban J connectivity index is 1.85. The maximum atomic E-state index is 4.36. The monoisotopic (exact) mass is 258 g/mol. The summed E-state index contributed by atoms with van der Waals surface area (Å²) in [6.45, 7) is 1.91.